The van der Waals surface area contributed by atoms with Gasteiger partial charge in [0.2, 0.25) is 0 Å². The van der Waals surface area contributed by atoms with Crippen LogP contribution in [0.3, 0.4) is 0 Å². The fourth-order valence-corrected chi connectivity index (χ4v) is 1.51. The molecular weight excluding hydrogens is 184 g/mol. The third kappa shape index (κ3) is 2.36. The van der Waals surface area contributed by atoms with Gasteiger partial charge in [-0.15, -0.1) is 0 Å². The first-order chi connectivity index (χ1) is 6.50. The van der Waals surface area contributed by atoms with Crippen LogP contribution in [0.15, 0.2) is 0 Å². The Morgan fingerprint density at radius 2 is 2.14 bits per heavy atom. The molecule has 0 aromatic rings. The monoisotopic (exact) mass is 202 g/mol. The van der Waals surface area contributed by atoms with E-state index in [-0.39, 0.29) is 25.3 Å². The van der Waals surface area contributed by atoms with Crippen molar-refractivity contribution in [1.29, 1.82) is 0 Å². The van der Waals surface area contributed by atoms with E-state index in [0.29, 0.717) is 13.1 Å². The van der Waals surface area contributed by atoms with Crippen molar-refractivity contribution in [2.75, 3.05) is 26.3 Å². The van der Waals surface area contributed by atoms with Crippen LogP contribution in [0.25, 0.3) is 0 Å². The molecule has 1 aliphatic rings. The number of aliphatic hydroxyl groups excluding tert-OH is 2. The third-order valence-electron chi connectivity index (χ3n) is 2.49. The highest BCUT2D eigenvalue weighted by Crippen LogP contribution is 2.18. The minimum atomic E-state index is -0.610. The number of nitrogens with zero attached hydrogens (tertiary/aromatic N) is 1. The number of amides is 2. The summed E-state index contributed by atoms with van der Waals surface area (Å²) in [6, 6.07) is 0.0229. The van der Waals surface area contributed by atoms with Crippen LogP contribution in [-0.2, 0) is 0 Å². The second-order valence-corrected chi connectivity index (χ2v) is 4.36. The van der Waals surface area contributed by atoms with Crippen LogP contribution in [0.5, 0.6) is 0 Å². The van der Waals surface area contributed by atoms with E-state index in [9.17, 15) is 4.79 Å². The van der Waals surface area contributed by atoms with Crippen molar-refractivity contribution in [2.24, 2.45) is 5.41 Å². The quantitative estimate of drug-likeness (QED) is 0.569. The number of aliphatic hydroxyl groups is 2. The van der Waals surface area contributed by atoms with Gasteiger partial charge in [0.05, 0.1) is 13.2 Å². The van der Waals surface area contributed by atoms with E-state index < -0.39 is 5.41 Å². The summed E-state index contributed by atoms with van der Waals surface area (Å²) in [5, 5.41) is 20.9. The van der Waals surface area contributed by atoms with Crippen molar-refractivity contribution in [2.45, 2.75) is 19.9 Å². The highest BCUT2D eigenvalue weighted by atomic mass is 16.3. The summed E-state index contributed by atoms with van der Waals surface area (Å²) >= 11 is 0. The second-order valence-electron chi connectivity index (χ2n) is 4.36. The molecule has 0 aromatic heterocycles. The molecule has 14 heavy (non-hydrogen) atoms. The van der Waals surface area contributed by atoms with Crippen LogP contribution in [-0.4, -0.2) is 53.5 Å². The Labute approximate surface area is 83.7 Å². The zero-order chi connectivity index (χ0) is 10.8. The van der Waals surface area contributed by atoms with E-state index in [2.05, 4.69) is 5.32 Å². The van der Waals surface area contributed by atoms with Crippen molar-refractivity contribution in [3.05, 3.63) is 0 Å². The molecule has 0 spiro atoms. The second kappa shape index (κ2) is 4.14. The molecule has 1 rings (SSSR count). The summed E-state index contributed by atoms with van der Waals surface area (Å²) in [7, 11) is 0. The topological polar surface area (TPSA) is 72.8 Å². The van der Waals surface area contributed by atoms with Crippen molar-refractivity contribution in [3.63, 3.8) is 0 Å². The van der Waals surface area contributed by atoms with Gasteiger partial charge in [-0.2, -0.15) is 0 Å². The molecule has 1 heterocycles. The van der Waals surface area contributed by atoms with E-state index in [1.807, 2.05) is 6.92 Å². The van der Waals surface area contributed by atoms with E-state index in [0.717, 1.165) is 0 Å². The van der Waals surface area contributed by atoms with Gasteiger partial charge in [0.15, 0.2) is 0 Å². The van der Waals surface area contributed by atoms with E-state index in [1.54, 1.807) is 11.8 Å². The van der Waals surface area contributed by atoms with Gasteiger partial charge < -0.3 is 20.4 Å². The van der Waals surface area contributed by atoms with Gasteiger partial charge in [-0.1, -0.05) is 6.92 Å². The molecule has 1 aliphatic heterocycles. The number of nitrogens with one attached hydrogen (secondary N) is 1. The maximum atomic E-state index is 11.3. The highest BCUT2D eigenvalue weighted by molar-refractivity contribution is 5.76. The van der Waals surface area contributed by atoms with Crippen molar-refractivity contribution in [3.8, 4) is 0 Å². The Morgan fingerprint density at radius 3 is 2.50 bits per heavy atom. The molecule has 1 unspecified atom stereocenters. The predicted octanol–water partition coefficient (Wildman–Crippen LogP) is -0.609. The van der Waals surface area contributed by atoms with Crippen LogP contribution in [0.1, 0.15) is 13.8 Å². The number of carbonyl (C=O) groups excluding carboxylic acids is 1. The van der Waals surface area contributed by atoms with Gasteiger partial charge in [0.1, 0.15) is 0 Å². The molecule has 5 heteroatoms. The summed E-state index contributed by atoms with van der Waals surface area (Å²) in [6.45, 7) is 4.45. The Morgan fingerprint density at radius 1 is 1.57 bits per heavy atom. The predicted molar refractivity (Wildman–Crippen MR) is 51.8 cm³/mol. The molecular formula is C9H18N2O3. The lowest BCUT2D eigenvalue weighted by atomic mass is 9.92. The van der Waals surface area contributed by atoms with Crippen molar-refractivity contribution >= 4 is 6.03 Å². The molecule has 1 saturated heterocycles. The Balaban J connectivity index is 2.55. The number of hydrogen-bond donors (Lipinski definition) is 3. The molecule has 82 valence electrons. The van der Waals surface area contributed by atoms with Crippen LogP contribution >= 0.6 is 0 Å². The summed E-state index contributed by atoms with van der Waals surface area (Å²) in [4.78, 5) is 13.0. The molecule has 0 saturated carbocycles. The minimum Gasteiger partial charge on any atom is -0.396 e. The molecule has 0 bridgehead atoms. The van der Waals surface area contributed by atoms with Crippen LogP contribution < -0.4 is 5.32 Å². The number of urea groups is 1. The van der Waals surface area contributed by atoms with Gasteiger partial charge in [-0.05, 0) is 6.92 Å². The molecule has 0 aliphatic carbocycles. The fourth-order valence-electron chi connectivity index (χ4n) is 1.51. The summed E-state index contributed by atoms with van der Waals surface area (Å²) < 4.78 is 0. The normalized spacial score (nSPS) is 22.7. The van der Waals surface area contributed by atoms with Gasteiger partial charge in [-0.25, -0.2) is 4.79 Å². The molecule has 0 aromatic carbocycles. The molecule has 1 atom stereocenters. The Bertz CT molecular complexity index is 216. The maximum absolute atomic E-state index is 11.3. The summed E-state index contributed by atoms with van der Waals surface area (Å²) in [5.41, 5.74) is -0.610. The lowest BCUT2D eigenvalue weighted by Crippen LogP contribution is -2.42. The number of hydrogen-bond acceptors (Lipinski definition) is 3. The smallest absolute Gasteiger partial charge is 0.317 e. The minimum absolute atomic E-state index is 0.120. The first-order valence-corrected chi connectivity index (χ1v) is 4.78. The first kappa shape index (κ1) is 11.3. The largest absolute Gasteiger partial charge is 0.396 e. The van der Waals surface area contributed by atoms with Crippen LogP contribution in [0, 0.1) is 5.41 Å². The molecule has 5 nitrogen and oxygen atoms in total. The summed E-state index contributed by atoms with van der Waals surface area (Å²) in [6.07, 6.45) is 0. The van der Waals surface area contributed by atoms with Gasteiger partial charge >= 0.3 is 6.03 Å². The summed E-state index contributed by atoms with van der Waals surface area (Å²) in [5.74, 6) is 0. The third-order valence-corrected chi connectivity index (χ3v) is 2.49. The highest BCUT2D eigenvalue weighted by Gasteiger charge is 2.32. The van der Waals surface area contributed by atoms with E-state index in [1.165, 1.54) is 0 Å². The average Bonchev–Trinajstić information content (AvgIpc) is 2.45. The van der Waals surface area contributed by atoms with Gasteiger partial charge in [0.25, 0.3) is 0 Å². The molecule has 1 fully saturated rings. The number of carbonyl (C=O) groups is 1. The lowest BCUT2D eigenvalue weighted by Gasteiger charge is -2.29. The van der Waals surface area contributed by atoms with Gasteiger partial charge in [0, 0.05) is 24.5 Å². The fraction of sp³-hybridized carbons (Fsp3) is 0.889. The maximum Gasteiger partial charge on any atom is 0.317 e. The van der Waals surface area contributed by atoms with Crippen LogP contribution in [0.4, 0.5) is 4.79 Å². The lowest BCUT2D eigenvalue weighted by molar-refractivity contribution is 0.0483. The van der Waals surface area contributed by atoms with Crippen molar-refractivity contribution < 1.29 is 15.0 Å². The number of rotatable bonds is 4. The molecule has 3 N–H and O–H groups in total. The van der Waals surface area contributed by atoms with Crippen molar-refractivity contribution in [1.82, 2.24) is 10.2 Å². The molecule has 0 radical (unpaired) electrons. The zero-order valence-corrected chi connectivity index (χ0v) is 8.66. The average molecular weight is 202 g/mol. The SMILES string of the molecule is CC1CN(CC(C)(CO)CO)C(=O)N1. The van der Waals surface area contributed by atoms with Crippen LogP contribution in [0.2, 0.25) is 0 Å². The van der Waals surface area contributed by atoms with Gasteiger partial charge in [-0.3, -0.25) is 0 Å². The first-order valence-electron chi connectivity index (χ1n) is 4.78. The Hall–Kier alpha value is -0.810. The van der Waals surface area contributed by atoms with E-state index in [4.69, 9.17) is 10.2 Å². The van der Waals surface area contributed by atoms with E-state index >= 15 is 0 Å². The Kier molecular flexibility index (Phi) is 3.34. The zero-order valence-electron chi connectivity index (χ0n) is 8.66. The standard InChI is InChI=1S/C9H18N2O3/c1-7-3-11(8(14)10-7)4-9(2,5-12)6-13/h7,12-13H,3-6H2,1-2H3,(H,10,14). The molecule has 2 amide bonds.